The summed E-state index contributed by atoms with van der Waals surface area (Å²) in [5.74, 6) is -0.264. The summed E-state index contributed by atoms with van der Waals surface area (Å²) in [6.07, 6.45) is 4.58. The SMILES string of the molecule is C[C@H]1Cc2ccccc2N1C(=O)c1cc(S(=O)(=O)N2CCCCCC2)ccc1Cl. The molecule has 2 heterocycles. The average molecular weight is 433 g/mol. The van der Waals surface area contributed by atoms with Gasteiger partial charge < -0.3 is 4.90 Å². The molecule has 7 heteroatoms. The number of hydrogen-bond donors (Lipinski definition) is 0. The van der Waals surface area contributed by atoms with E-state index in [0.717, 1.165) is 43.4 Å². The molecule has 4 rings (SSSR count). The van der Waals surface area contributed by atoms with Crippen LogP contribution in [0.25, 0.3) is 0 Å². The number of carbonyl (C=O) groups excluding carboxylic acids is 1. The molecule has 0 radical (unpaired) electrons. The van der Waals surface area contributed by atoms with E-state index in [-0.39, 0.29) is 27.4 Å². The highest BCUT2D eigenvalue weighted by Crippen LogP contribution is 2.35. The number of carbonyl (C=O) groups is 1. The normalized spacial score (nSPS) is 20.3. The molecule has 0 aromatic heterocycles. The van der Waals surface area contributed by atoms with Gasteiger partial charge >= 0.3 is 0 Å². The molecule has 0 bridgehead atoms. The molecule has 0 spiro atoms. The summed E-state index contributed by atoms with van der Waals surface area (Å²) < 4.78 is 27.9. The molecular weight excluding hydrogens is 408 g/mol. The molecule has 2 aliphatic heterocycles. The van der Waals surface area contributed by atoms with E-state index >= 15 is 0 Å². The monoisotopic (exact) mass is 432 g/mol. The summed E-state index contributed by atoms with van der Waals surface area (Å²) in [6, 6.07) is 12.2. The van der Waals surface area contributed by atoms with Gasteiger partial charge in [0.05, 0.1) is 15.5 Å². The third kappa shape index (κ3) is 3.81. The maximum Gasteiger partial charge on any atom is 0.260 e. The highest BCUT2D eigenvalue weighted by Gasteiger charge is 2.33. The number of nitrogens with zero attached hydrogens (tertiary/aromatic N) is 2. The smallest absolute Gasteiger partial charge is 0.260 e. The first kappa shape index (κ1) is 20.4. The van der Waals surface area contributed by atoms with Gasteiger partial charge in [-0.25, -0.2) is 8.42 Å². The quantitative estimate of drug-likeness (QED) is 0.717. The number of rotatable bonds is 3. The van der Waals surface area contributed by atoms with Crippen molar-refractivity contribution < 1.29 is 13.2 Å². The van der Waals surface area contributed by atoms with E-state index in [1.165, 1.54) is 22.5 Å². The minimum atomic E-state index is -3.65. The Bertz CT molecular complexity index is 1030. The fraction of sp³-hybridized carbons (Fsp3) is 0.409. The maximum absolute atomic E-state index is 13.4. The summed E-state index contributed by atoms with van der Waals surface area (Å²) in [6.45, 7) is 3.03. The number of hydrogen-bond acceptors (Lipinski definition) is 3. The largest absolute Gasteiger partial charge is 0.305 e. The maximum atomic E-state index is 13.4. The van der Waals surface area contributed by atoms with Crippen molar-refractivity contribution in [2.24, 2.45) is 0 Å². The third-order valence-corrected chi connectivity index (χ3v) is 8.02. The number of benzene rings is 2. The summed E-state index contributed by atoms with van der Waals surface area (Å²) in [5.41, 5.74) is 2.20. The van der Waals surface area contributed by atoms with E-state index in [1.807, 2.05) is 31.2 Å². The summed E-state index contributed by atoms with van der Waals surface area (Å²) in [7, 11) is -3.65. The topological polar surface area (TPSA) is 57.7 Å². The number of fused-ring (bicyclic) bond motifs is 1. The van der Waals surface area contributed by atoms with E-state index in [9.17, 15) is 13.2 Å². The first-order chi connectivity index (χ1) is 13.9. The van der Waals surface area contributed by atoms with Crippen LogP contribution in [0, 0.1) is 0 Å². The molecule has 154 valence electrons. The Morgan fingerprint density at radius 1 is 1.03 bits per heavy atom. The number of para-hydroxylation sites is 1. The van der Waals surface area contributed by atoms with Gasteiger partial charge in [-0.2, -0.15) is 4.31 Å². The highest BCUT2D eigenvalue weighted by molar-refractivity contribution is 7.89. The Kier molecular flexibility index (Phi) is 5.69. The molecule has 2 aromatic rings. The van der Waals surface area contributed by atoms with Crippen molar-refractivity contribution in [2.45, 2.75) is 50.0 Å². The first-order valence-corrected chi connectivity index (χ1v) is 11.9. The van der Waals surface area contributed by atoms with E-state index in [0.29, 0.717) is 13.1 Å². The van der Waals surface area contributed by atoms with Crippen LogP contribution < -0.4 is 4.90 Å². The van der Waals surface area contributed by atoms with Crippen LogP contribution in [0.3, 0.4) is 0 Å². The predicted octanol–water partition coefficient (Wildman–Crippen LogP) is 4.50. The molecule has 29 heavy (non-hydrogen) atoms. The first-order valence-electron chi connectivity index (χ1n) is 10.1. The van der Waals surface area contributed by atoms with Gasteiger partial charge in [0.15, 0.2) is 0 Å². The number of sulfonamides is 1. The fourth-order valence-electron chi connectivity index (χ4n) is 4.26. The fourth-order valence-corrected chi connectivity index (χ4v) is 6.01. The second-order valence-electron chi connectivity index (χ2n) is 7.82. The van der Waals surface area contributed by atoms with Crippen LogP contribution in [0.15, 0.2) is 47.4 Å². The summed E-state index contributed by atoms with van der Waals surface area (Å²) in [5, 5.41) is 0.265. The second kappa shape index (κ2) is 8.09. The van der Waals surface area contributed by atoms with Crippen LogP contribution in [0.5, 0.6) is 0 Å². The molecule has 1 saturated heterocycles. The zero-order valence-corrected chi connectivity index (χ0v) is 18.0. The van der Waals surface area contributed by atoms with Crippen LogP contribution in [0.2, 0.25) is 5.02 Å². The van der Waals surface area contributed by atoms with E-state index in [2.05, 4.69) is 0 Å². The van der Waals surface area contributed by atoms with Crippen LogP contribution >= 0.6 is 11.6 Å². The zero-order chi connectivity index (χ0) is 20.6. The Morgan fingerprint density at radius 3 is 2.45 bits per heavy atom. The lowest BCUT2D eigenvalue weighted by atomic mass is 10.1. The second-order valence-corrected chi connectivity index (χ2v) is 10.2. The summed E-state index contributed by atoms with van der Waals surface area (Å²) in [4.78, 5) is 15.2. The van der Waals surface area contributed by atoms with Gasteiger partial charge in [-0.1, -0.05) is 42.6 Å². The number of amides is 1. The van der Waals surface area contributed by atoms with E-state index in [1.54, 1.807) is 4.90 Å². The third-order valence-electron chi connectivity index (χ3n) is 5.80. The Hall–Kier alpha value is -1.89. The summed E-state index contributed by atoms with van der Waals surface area (Å²) >= 11 is 6.35. The van der Waals surface area contributed by atoms with Gasteiger partial charge in [0.25, 0.3) is 5.91 Å². The van der Waals surface area contributed by atoms with Crippen LogP contribution in [0.1, 0.15) is 48.5 Å². The van der Waals surface area contributed by atoms with Crippen LogP contribution in [0.4, 0.5) is 5.69 Å². The Labute approximate surface area is 177 Å². The van der Waals surface area contributed by atoms with Gasteiger partial charge in [-0.15, -0.1) is 0 Å². The van der Waals surface area contributed by atoms with Crippen molar-refractivity contribution >= 4 is 33.2 Å². The molecule has 0 unspecified atom stereocenters. The van der Waals surface area contributed by atoms with E-state index < -0.39 is 10.0 Å². The van der Waals surface area contributed by atoms with Crippen molar-refractivity contribution in [2.75, 3.05) is 18.0 Å². The number of halogens is 1. The molecule has 0 N–H and O–H groups in total. The molecule has 1 amide bonds. The Balaban J connectivity index is 1.70. The van der Waals surface area contributed by atoms with Crippen molar-refractivity contribution in [3.8, 4) is 0 Å². The molecule has 1 fully saturated rings. The minimum Gasteiger partial charge on any atom is -0.305 e. The van der Waals surface area contributed by atoms with Gasteiger partial charge in [0.1, 0.15) is 0 Å². The molecule has 0 aliphatic carbocycles. The number of anilines is 1. The molecule has 0 saturated carbocycles. The van der Waals surface area contributed by atoms with Crippen molar-refractivity contribution in [1.29, 1.82) is 0 Å². The van der Waals surface area contributed by atoms with Crippen LogP contribution in [-0.4, -0.2) is 37.8 Å². The van der Waals surface area contributed by atoms with Gasteiger partial charge in [-0.05, 0) is 56.0 Å². The Morgan fingerprint density at radius 2 is 1.72 bits per heavy atom. The standard InChI is InChI=1S/C22H25ClN2O3S/c1-16-14-17-8-4-5-9-21(17)25(16)22(26)19-15-18(10-11-20(19)23)29(27,28)24-12-6-2-3-7-13-24/h4-5,8-11,15-16H,2-3,6-7,12-14H2,1H3/t16-/m0/s1. The van der Waals surface area contributed by atoms with Gasteiger partial charge in [0, 0.05) is 24.8 Å². The molecule has 2 aromatic carbocycles. The molecule has 5 nitrogen and oxygen atoms in total. The predicted molar refractivity (Wildman–Crippen MR) is 115 cm³/mol. The molecular formula is C22H25ClN2O3S. The minimum absolute atomic E-state index is 0.0122. The van der Waals surface area contributed by atoms with Crippen LogP contribution in [-0.2, 0) is 16.4 Å². The zero-order valence-electron chi connectivity index (χ0n) is 16.5. The highest BCUT2D eigenvalue weighted by atomic mass is 35.5. The lowest BCUT2D eigenvalue weighted by molar-refractivity contribution is 0.0981. The van der Waals surface area contributed by atoms with Crippen molar-refractivity contribution in [3.05, 3.63) is 58.6 Å². The molecule has 1 atom stereocenters. The average Bonchev–Trinajstić information content (AvgIpc) is 2.86. The van der Waals surface area contributed by atoms with Gasteiger partial charge in [0.2, 0.25) is 10.0 Å². The van der Waals surface area contributed by atoms with E-state index in [4.69, 9.17) is 11.6 Å². The lowest BCUT2D eigenvalue weighted by Gasteiger charge is -2.24. The van der Waals surface area contributed by atoms with Crippen molar-refractivity contribution in [1.82, 2.24) is 4.31 Å². The van der Waals surface area contributed by atoms with Crippen molar-refractivity contribution in [3.63, 3.8) is 0 Å². The lowest BCUT2D eigenvalue weighted by Crippen LogP contribution is -2.36. The van der Waals surface area contributed by atoms with Gasteiger partial charge in [-0.3, -0.25) is 4.79 Å². The molecule has 2 aliphatic rings.